The van der Waals surface area contributed by atoms with Crippen LogP contribution >= 0.6 is 0 Å². The van der Waals surface area contributed by atoms with Gasteiger partial charge in [-0.25, -0.2) is 8.93 Å². The summed E-state index contributed by atoms with van der Waals surface area (Å²) in [5.74, 6) is 0. The summed E-state index contributed by atoms with van der Waals surface area (Å²) in [6.45, 7) is 0.555. The van der Waals surface area contributed by atoms with Crippen LogP contribution in [0.25, 0.3) is 0 Å². The van der Waals surface area contributed by atoms with Crippen LogP contribution in [0.5, 0.6) is 0 Å². The van der Waals surface area contributed by atoms with Crippen LogP contribution in [0.2, 0.25) is 0 Å². The molecule has 2 unspecified atom stereocenters. The number of rotatable bonds is 1. The Hall–Kier alpha value is -0.710. The van der Waals surface area contributed by atoms with Gasteiger partial charge >= 0.3 is 0 Å². The van der Waals surface area contributed by atoms with Crippen molar-refractivity contribution in [3.05, 3.63) is 35.9 Å². The lowest BCUT2D eigenvalue weighted by atomic mass is 10.1. The van der Waals surface area contributed by atoms with Gasteiger partial charge in [0.15, 0.2) is 0 Å². The molecule has 3 nitrogen and oxygen atoms in total. The van der Waals surface area contributed by atoms with E-state index in [1.807, 2.05) is 30.3 Å². The van der Waals surface area contributed by atoms with Crippen molar-refractivity contribution in [2.45, 2.75) is 12.5 Å². The van der Waals surface area contributed by atoms with Crippen LogP contribution in [0.4, 0.5) is 0 Å². The fraction of sp³-hybridized carbons (Fsp3) is 0.333. The minimum Gasteiger partial charge on any atom is -0.278 e. The lowest BCUT2D eigenvalue weighted by molar-refractivity contribution is 0.284. The van der Waals surface area contributed by atoms with Crippen LogP contribution in [0.15, 0.2) is 30.3 Å². The molecule has 4 heteroatoms. The molecule has 1 aliphatic heterocycles. The highest BCUT2D eigenvalue weighted by Gasteiger charge is 2.19. The Morgan fingerprint density at radius 1 is 1.38 bits per heavy atom. The third kappa shape index (κ3) is 2.15. The van der Waals surface area contributed by atoms with Crippen LogP contribution in [0.1, 0.15) is 18.0 Å². The Kier molecular flexibility index (Phi) is 2.73. The second-order valence-electron chi connectivity index (χ2n) is 2.93. The molecule has 1 saturated heterocycles. The van der Waals surface area contributed by atoms with Crippen LogP contribution < -0.4 is 4.72 Å². The Bertz CT molecular complexity index is 302. The zero-order chi connectivity index (χ0) is 9.10. The summed E-state index contributed by atoms with van der Waals surface area (Å²) in [4.78, 5) is 0. The summed E-state index contributed by atoms with van der Waals surface area (Å²) < 4.78 is 18.8. The fourth-order valence-electron chi connectivity index (χ4n) is 1.37. The van der Waals surface area contributed by atoms with Gasteiger partial charge < -0.3 is 0 Å². The maximum Gasteiger partial charge on any atom is 0.234 e. The minimum atomic E-state index is -1.32. The minimum absolute atomic E-state index is 0.163. The van der Waals surface area contributed by atoms with E-state index in [9.17, 15) is 4.21 Å². The molecule has 1 aromatic carbocycles. The predicted octanol–water partition coefficient (Wildman–Crippen LogP) is 1.32. The highest BCUT2D eigenvalue weighted by Crippen LogP contribution is 2.19. The Balaban J connectivity index is 2.13. The average Bonchev–Trinajstić information content (AvgIpc) is 2.19. The summed E-state index contributed by atoms with van der Waals surface area (Å²) in [6.07, 6.45) is 0.871. The lowest BCUT2D eigenvalue weighted by Crippen LogP contribution is -2.31. The number of benzene rings is 1. The zero-order valence-electron chi connectivity index (χ0n) is 7.10. The van der Waals surface area contributed by atoms with Crippen molar-refractivity contribution in [1.29, 1.82) is 0 Å². The molecule has 1 aromatic rings. The first-order valence-corrected chi connectivity index (χ1v) is 5.30. The van der Waals surface area contributed by atoms with E-state index >= 15 is 0 Å². The van der Waals surface area contributed by atoms with Crippen molar-refractivity contribution in [1.82, 2.24) is 4.72 Å². The number of hydrogen-bond acceptors (Lipinski definition) is 2. The average molecular weight is 197 g/mol. The molecule has 1 aliphatic rings. The van der Waals surface area contributed by atoms with E-state index in [0.29, 0.717) is 6.61 Å². The SMILES string of the molecule is O=S1NC(c2ccccc2)CCO1. The first-order valence-electron chi connectivity index (χ1n) is 4.22. The second kappa shape index (κ2) is 4.00. The van der Waals surface area contributed by atoms with Crippen molar-refractivity contribution >= 4 is 11.3 Å². The van der Waals surface area contributed by atoms with Crippen molar-refractivity contribution in [2.75, 3.05) is 6.61 Å². The molecule has 0 aliphatic carbocycles. The van der Waals surface area contributed by atoms with Crippen LogP contribution in [-0.2, 0) is 15.4 Å². The molecular weight excluding hydrogens is 186 g/mol. The first kappa shape index (κ1) is 8.87. The molecule has 0 amide bonds. The third-order valence-electron chi connectivity index (χ3n) is 2.04. The van der Waals surface area contributed by atoms with Gasteiger partial charge in [0.05, 0.1) is 6.61 Å². The molecule has 0 saturated carbocycles. The molecule has 13 heavy (non-hydrogen) atoms. The van der Waals surface area contributed by atoms with E-state index in [4.69, 9.17) is 4.18 Å². The van der Waals surface area contributed by atoms with Crippen LogP contribution in [0, 0.1) is 0 Å². The van der Waals surface area contributed by atoms with Gasteiger partial charge in [-0.15, -0.1) is 0 Å². The third-order valence-corrected chi connectivity index (χ3v) is 2.90. The maximum absolute atomic E-state index is 11.0. The molecular formula is C9H11NO2S. The standard InChI is InChI=1S/C9H11NO2S/c11-13-10-9(6-7-12-13)8-4-2-1-3-5-8/h1-5,9-10H,6-7H2. The highest BCUT2D eigenvalue weighted by atomic mass is 32.2. The molecule has 2 rings (SSSR count). The van der Waals surface area contributed by atoms with Crippen LogP contribution in [-0.4, -0.2) is 10.8 Å². The molecule has 1 N–H and O–H groups in total. The quantitative estimate of drug-likeness (QED) is 0.737. The molecule has 0 aromatic heterocycles. The van der Waals surface area contributed by atoms with Gasteiger partial charge in [-0.2, -0.15) is 0 Å². The van der Waals surface area contributed by atoms with E-state index in [-0.39, 0.29) is 6.04 Å². The van der Waals surface area contributed by atoms with Gasteiger partial charge in [-0.3, -0.25) is 4.18 Å². The van der Waals surface area contributed by atoms with E-state index < -0.39 is 11.3 Å². The van der Waals surface area contributed by atoms with Crippen molar-refractivity contribution in [2.24, 2.45) is 0 Å². The summed E-state index contributed by atoms with van der Waals surface area (Å²) in [6, 6.07) is 10.2. The van der Waals surface area contributed by atoms with E-state index in [2.05, 4.69) is 4.72 Å². The zero-order valence-corrected chi connectivity index (χ0v) is 7.92. The van der Waals surface area contributed by atoms with Gasteiger partial charge in [0.2, 0.25) is 11.3 Å². The Morgan fingerprint density at radius 3 is 2.85 bits per heavy atom. The summed E-state index contributed by atoms with van der Waals surface area (Å²) in [5, 5.41) is 0. The molecule has 70 valence electrons. The molecule has 0 spiro atoms. The Morgan fingerprint density at radius 2 is 2.15 bits per heavy atom. The largest absolute Gasteiger partial charge is 0.278 e. The van der Waals surface area contributed by atoms with Crippen LogP contribution in [0.3, 0.4) is 0 Å². The van der Waals surface area contributed by atoms with Gasteiger partial charge in [0, 0.05) is 6.04 Å². The molecule has 0 bridgehead atoms. The first-order chi connectivity index (χ1) is 6.36. The summed E-state index contributed by atoms with van der Waals surface area (Å²) in [5.41, 5.74) is 1.17. The predicted molar refractivity (Wildman–Crippen MR) is 51.0 cm³/mol. The smallest absolute Gasteiger partial charge is 0.234 e. The normalized spacial score (nSPS) is 28.6. The summed E-state index contributed by atoms with van der Waals surface area (Å²) >= 11 is -1.32. The van der Waals surface area contributed by atoms with E-state index in [1.54, 1.807) is 0 Å². The maximum atomic E-state index is 11.0. The van der Waals surface area contributed by atoms with Gasteiger partial charge in [-0.1, -0.05) is 30.3 Å². The van der Waals surface area contributed by atoms with E-state index in [1.165, 1.54) is 5.56 Å². The van der Waals surface area contributed by atoms with Crippen molar-refractivity contribution < 1.29 is 8.39 Å². The molecule has 1 heterocycles. The van der Waals surface area contributed by atoms with E-state index in [0.717, 1.165) is 6.42 Å². The van der Waals surface area contributed by atoms with Gasteiger partial charge in [0.1, 0.15) is 0 Å². The Labute approximate surface area is 79.9 Å². The summed E-state index contributed by atoms with van der Waals surface area (Å²) in [7, 11) is 0. The monoisotopic (exact) mass is 197 g/mol. The number of hydrogen-bond donors (Lipinski definition) is 1. The molecule has 2 atom stereocenters. The van der Waals surface area contributed by atoms with Gasteiger partial charge in [-0.05, 0) is 12.0 Å². The second-order valence-corrected chi connectivity index (χ2v) is 3.87. The highest BCUT2D eigenvalue weighted by molar-refractivity contribution is 7.78. The fourth-order valence-corrected chi connectivity index (χ4v) is 2.17. The number of nitrogens with one attached hydrogen (secondary N) is 1. The molecule has 1 fully saturated rings. The topological polar surface area (TPSA) is 38.3 Å². The molecule has 0 radical (unpaired) electrons. The lowest BCUT2D eigenvalue weighted by Gasteiger charge is -2.22. The van der Waals surface area contributed by atoms with Crippen molar-refractivity contribution in [3.63, 3.8) is 0 Å². The van der Waals surface area contributed by atoms with Gasteiger partial charge in [0.25, 0.3) is 0 Å². The van der Waals surface area contributed by atoms with Crippen molar-refractivity contribution in [3.8, 4) is 0 Å².